The van der Waals surface area contributed by atoms with Crippen LogP contribution in [0.25, 0.3) is 0 Å². The number of amides is 2. The molecule has 0 spiro atoms. The molecule has 0 unspecified atom stereocenters. The predicted octanol–water partition coefficient (Wildman–Crippen LogP) is 3.38. The molecular formula is C21H17F4N3O2. The van der Waals surface area contributed by atoms with Crippen LogP contribution in [-0.2, 0) is 15.8 Å². The molecule has 3 aliphatic heterocycles. The average Bonchev–Trinajstić information content (AvgIpc) is 3.34. The topological polar surface area (TPSA) is 43.9 Å². The van der Waals surface area contributed by atoms with Crippen molar-refractivity contribution in [2.75, 3.05) is 18.0 Å². The maximum absolute atomic E-state index is 13.4. The van der Waals surface area contributed by atoms with Gasteiger partial charge in [0.25, 0.3) is 5.91 Å². The first kappa shape index (κ1) is 19.2. The van der Waals surface area contributed by atoms with Crippen LogP contribution in [0.3, 0.4) is 0 Å². The van der Waals surface area contributed by atoms with Gasteiger partial charge in [-0.1, -0.05) is 18.2 Å². The van der Waals surface area contributed by atoms with E-state index >= 15 is 0 Å². The number of carbonyl (C=O) groups excluding carboxylic acids is 2. The van der Waals surface area contributed by atoms with E-state index < -0.39 is 47.4 Å². The SMILES string of the molecule is O=C1[C@H]2[C@@H](C(=O)N1c1cccc(C(F)(F)F)c1)N1CCCN1[C@@H]2c1ccc(F)cc1. The minimum atomic E-state index is -4.58. The van der Waals surface area contributed by atoms with E-state index in [4.69, 9.17) is 0 Å². The summed E-state index contributed by atoms with van der Waals surface area (Å²) in [5.74, 6) is -2.24. The van der Waals surface area contributed by atoms with E-state index in [-0.39, 0.29) is 5.69 Å². The van der Waals surface area contributed by atoms with Gasteiger partial charge < -0.3 is 0 Å². The van der Waals surface area contributed by atoms with Gasteiger partial charge in [-0.25, -0.2) is 19.3 Å². The molecule has 0 bridgehead atoms. The summed E-state index contributed by atoms with van der Waals surface area (Å²) < 4.78 is 52.8. The van der Waals surface area contributed by atoms with Crippen LogP contribution < -0.4 is 4.90 Å². The predicted molar refractivity (Wildman–Crippen MR) is 98.4 cm³/mol. The third-order valence-electron chi connectivity index (χ3n) is 6.05. The van der Waals surface area contributed by atoms with Gasteiger partial charge in [-0.05, 0) is 42.3 Å². The Morgan fingerprint density at radius 3 is 2.20 bits per heavy atom. The molecule has 5 nitrogen and oxygen atoms in total. The van der Waals surface area contributed by atoms with Crippen LogP contribution in [-0.4, -0.2) is 41.0 Å². The second kappa shape index (κ2) is 6.61. The fraction of sp³-hybridized carbons (Fsp3) is 0.333. The van der Waals surface area contributed by atoms with E-state index in [9.17, 15) is 27.2 Å². The molecule has 0 aliphatic carbocycles. The molecule has 0 N–H and O–H groups in total. The molecule has 3 atom stereocenters. The van der Waals surface area contributed by atoms with E-state index in [2.05, 4.69) is 0 Å². The Kier molecular flexibility index (Phi) is 4.23. The quantitative estimate of drug-likeness (QED) is 0.553. The fourth-order valence-corrected chi connectivity index (χ4v) is 4.85. The largest absolute Gasteiger partial charge is 0.416 e. The van der Waals surface area contributed by atoms with Crippen LogP contribution in [0.2, 0.25) is 0 Å². The van der Waals surface area contributed by atoms with Gasteiger partial charge in [-0.3, -0.25) is 9.59 Å². The molecular weight excluding hydrogens is 402 g/mol. The van der Waals surface area contributed by atoms with Crippen LogP contribution in [0.5, 0.6) is 0 Å². The highest BCUT2D eigenvalue weighted by Gasteiger charge is 2.62. The van der Waals surface area contributed by atoms with Gasteiger partial charge in [0.1, 0.15) is 11.9 Å². The third-order valence-corrected chi connectivity index (χ3v) is 6.05. The maximum atomic E-state index is 13.4. The summed E-state index contributed by atoms with van der Waals surface area (Å²) >= 11 is 0. The second-order valence-corrected chi connectivity index (χ2v) is 7.71. The van der Waals surface area contributed by atoms with Gasteiger partial charge in [-0.15, -0.1) is 0 Å². The lowest BCUT2D eigenvalue weighted by Crippen LogP contribution is -2.44. The van der Waals surface area contributed by atoms with Gasteiger partial charge in [0.2, 0.25) is 5.91 Å². The van der Waals surface area contributed by atoms with Crippen LogP contribution in [0.1, 0.15) is 23.6 Å². The van der Waals surface area contributed by atoms with Crippen molar-refractivity contribution in [2.24, 2.45) is 5.92 Å². The van der Waals surface area contributed by atoms with Crippen LogP contribution >= 0.6 is 0 Å². The zero-order chi connectivity index (χ0) is 21.2. The number of hydrogen-bond acceptors (Lipinski definition) is 4. The molecule has 2 aromatic carbocycles. The van der Waals surface area contributed by atoms with Gasteiger partial charge >= 0.3 is 6.18 Å². The number of hydrazine groups is 1. The summed E-state index contributed by atoms with van der Waals surface area (Å²) in [7, 11) is 0. The van der Waals surface area contributed by atoms with E-state index in [1.807, 2.05) is 10.0 Å². The number of halogens is 4. The van der Waals surface area contributed by atoms with Crippen molar-refractivity contribution in [1.29, 1.82) is 0 Å². The van der Waals surface area contributed by atoms with Gasteiger partial charge in [0.15, 0.2) is 0 Å². The first-order valence-electron chi connectivity index (χ1n) is 9.61. The molecule has 30 heavy (non-hydrogen) atoms. The molecule has 0 radical (unpaired) electrons. The Hall–Kier alpha value is -2.78. The van der Waals surface area contributed by atoms with Gasteiger partial charge in [0, 0.05) is 13.1 Å². The number of nitrogens with zero attached hydrogens (tertiary/aromatic N) is 3. The summed E-state index contributed by atoms with van der Waals surface area (Å²) in [5.41, 5.74) is -0.309. The summed E-state index contributed by atoms with van der Waals surface area (Å²) in [4.78, 5) is 27.4. The maximum Gasteiger partial charge on any atom is 0.416 e. The Morgan fingerprint density at radius 1 is 0.867 bits per heavy atom. The molecule has 3 fully saturated rings. The van der Waals surface area contributed by atoms with Gasteiger partial charge in [-0.2, -0.15) is 13.2 Å². The van der Waals surface area contributed by atoms with Gasteiger partial charge in [0.05, 0.1) is 23.2 Å². The fourth-order valence-electron chi connectivity index (χ4n) is 4.85. The molecule has 3 aliphatic rings. The molecule has 3 saturated heterocycles. The van der Waals surface area contributed by atoms with Crippen LogP contribution in [0.15, 0.2) is 48.5 Å². The monoisotopic (exact) mass is 419 g/mol. The highest BCUT2D eigenvalue weighted by molar-refractivity contribution is 6.24. The van der Waals surface area contributed by atoms with Crippen molar-refractivity contribution in [1.82, 2.24) is 10.0 Å². The number of rotatable bonds is 2. The first-order chi connectivity index (χ1) is 14.3. The van der Waals surface area contributed by atoms with Crippen molar-refractivity contribution in [3.8, 4) is 0 Å². The number of alkyl halides is 3. The Morgan fingerprint density at radius 2 is 1.53 bits per heavy atom. The summed E-state index contributed by atoms with van der Waals surface area (Å²) in [5, 5.41) is 3.80. The standard InChI is InChI=1S/C21H17F4N3O2/c22-14-7-5-12(6-8-14)17-16-18(27-10-2-9-26(17)27)20(30)28(19(16)29)15-4-1-3-13(11-15)21(23,24)25/h1,3-8,11,16-18H,2,9-10H2/t16-,17-,18+/m1/s1. The van der Waals surface area contributed by atoms with Crippen LogP contribution in [0.4, 0.5) is 23.2 Å². The summed E-state index contributed by atoms with van der Waals surface area (Å²) in [6.45, 7) is 1.23. The van der Waals surface area contributed by atoms with E-state index in [0.29, 0.717) is 18.7 Å². The average molecular weight is 419 g/mol. The smallest absolute Gasteiger partial charge is 0.274 e. The van der Waals surface area contributed by atoms with Crippen molar-refractivity contribution in [3.63, 3.8) is 0 Å². The number of carbonyl (C=O) groups is 2. The molecule has 0 aromatic heterocycles. The van der Waals surface area contributed by atoms with Crippen molar-refractivity contribution in [2.45, 2.75) is 24.7 Å². The first-order valence-corrected chi connectivity index (χ1v) is 9.61. The molecule has 2 aromatic rings. The van der Waals surface area contributed by atoms with Crippen LogP contribution in [0, 0.1) is 11.7 Å². The molecule has 9 heteroatoms. The zero-order valence-corrected chi connectivity index (χ0v) is 15.6. The van der Waals surface area contributed by atoms with Crippen molar-refractivity contribution in [3.05, 3.63) is 65.5 Å². The molecule has 0 saturated carbocycles. The van der Waals surface area contributed by atoms with Crippen molar-refractivity contribution >= 4 is 17.5 Å². The lowest BCUT2D eigenvalue weighted by atomic mass is 9.90. The number of fused-ring (bicyclic) bond motifs is 3. The van der Waals surface area contributed by atoms with Crippen molar-refractivity contribution < 1.29 is 27.2 Å². The summed E-state index contributed by atoms with van der Waals surface area (Å²) in [6.07, 6.45) is -3.79. The lowest BCUT2D eigenvalue weighted by Gasteiger charge is -2.29. The number of hydrogen-bond donors (Lipinski definition) is 0. The molecule has 2 amide bonds. The van der Waals surface area contributed by atoms with E-state index in [1.54, 1.807) is 12.1 Å². The zero-order valence-electron chi connectivity index (χ0n) is 15.6. The second-order valence-electron chi connectivity index (χ2n) is 7.71. The Bertz CT molecular complexity index is 1020. The number of imide groups is 1. The molecule has 5 rings (SSSR count). The van der Waals surface area contributed by atoms with E-state index in [0.717, 1.165) is 23.5 Å². The molecule has 3 heterocycles. The Labute approximate surface area is 169 Å². The number of benzene rings is 2. The Balaban J connectivity index is 1.56. The third kappa shape index (κ3) is 2.76. The minimum absolute atomic E-state index is 0.0853. The highest BCUT2D eigenvalue weighted by atomic mass is 19.4. The number of anilines is 1. The molecule has 156 valence electrons. The highest BCUT2D eigenvalue weighted by Crippen LogP contribution is 2.49. The lowest BCUT2D eigenvalue weighted by molar-refractivity contribution is -0.137. The van der Waals surface area contributed by atoms with E-state index in [1.165, 1.54) is 24.3 Å². The summed E-state index contributed by atoms with van der Waals surface area (Å²) in [6, 6.07) is 8.78. The minimum Gasteiger partial charge on any atom is -0.274 e. The normalized spacial score (nSPS) is 27.1.